The van der Waals surface area contributed by atoms with Crippen LogP contribution in [0.15, 0.2) is 93.8 Å². The van der Waals surface area contributed by atoms with E-state index < -0.39 is 25.8 Å². The van der Waals surface area contributed by atoms with E-state index in [1.54, 1.807) is 11.1 Å². The van der Waals surface area contributed by atoms with Gasteiger partial charge in [-0.25, -0.2) is 0 Å². The van der Waals surface area contributed by atoms with Gasteiger partial charge in [-0.3, -0.25) is 0 Å². The third-order valence-corrected chi connectivity index (χ3v) is 35.8. The van der Waals surface area contributed by atoms with Crippen LogP contribution < -0.4 is 24.8 Å². The summed E-state index contributed by atoms with van der Waals surface area (Å²) in [5.41, 5.74) is 22.1. The molecule has 4 aromatic carbocycles. The molecule has 9 rings (SSSR count). The molecule has 3 aliphatic rings. The Morgan fingerprint density at radius 2 is 0.902 bits per heavy atom. The zero-order chi connectivity index (χ0) is 41.7. The Kier molecular flexibility index (Phi) is 12.7. The molecule has 1 aliphatic heterocycles. The van der Waals surface area contributed by atoms with Crippen LogP contribution in [0.5, 0.6) is 0 Å². The number of furan rings is 2. The molecule has 1 fully saturated rings. The second-order valence-electron chi connectivity index (χ2n) is 19.8. The Balaban J connectivity index is 0.00000281. The van der Waals surface area contributed by atoms with Gasteiger partial charge in [0, 0.05) is 0 Å². The summed E-state index contributed by atoms with van der Waals surface area (Å²) >= 11 is -2.68. The van der Waals surface area contributed by atoms with Gasteiger partial charge in [-0.05, 0) is 0 Å². The summed E-state index contributed by atoms with van der Waals surface area (Å²) in [6.07, 6.45) is 6.53. The molecule has 2 atom stereocenters. The molecule has 0 saturated carbocycles. The van der Waals surface area contributed by atoms with E-state index in [2.05, 4.69) is 180 Å². The van der Waals surface area contributed by atoms with Crippen LogP contribution in [0, 0.1) is 41.5 Å². The fourth-order valence-electron chi connectivity index (χ4n) is 10.0. The Bertz CT molecular complexity index is 2580. The first-order valence-electron chi connectivity index (χ1n) is 21.8. The minimum absolute atomic E-state index is 0. The number of hydrogen-bond acceptors (Lipinski definition) is 2. The topological polar surface area (TPSA) is 26.3 Å². The van der Waals surface area contributed by atoms with Crippen LogP contribution in [0.4, 0.5) is 0 Å². The van der Waals surface area contributed by atoms with Crippen molar-refractivity contribution in [1.29, 1.82) is 0 Å². The number of aryl methyl sites for hydroxylation is 4. The van der Waals surface area contributed by atoms with E-state index in [1.165, 1.54) is 96.4 Å². The fourth-order valence-corrected chi connectivity index (χ4v) is 35.1. The van der Waals surface area contributed by atoms with E-state index in [1.807, 2.05) is 0 Å². The van der Waals surface area contributed by atoms with Crippen molar-refractivity contribution < 1.29 is 54.0 Å². The zero-order valence-corrected chi connectivity index (χ0v) is 43.1. The van der Waals surface area contributed by atoms with E-state index >= 15 is 0 Å². The molecule has 0 spiro atoms. The van der Waals surface area contributed by atoms with E-state index in [-0.39, 0.29) is 35.6 Å². The van der Waals surface area contributed by atoms with Crippen molar-refractivity contribution in [2.45, 2.75) is 120 Å². The molecule has 0 amide bonds. The molecule has 2 aromatic heterocycles. The van der Waals surface area contributed by atoms with Crippen molar-refractivity contribution in [2.75, 3.05) is 0 Å². The van der Waals surface area contributed by atoms with Gasteiger partial charge in [-0.15, -0.1) is 0 Å². The van der Waals surface area contributed by atoms with E-state index in [4.69, 9.17) is 8.83 Å². The quantitative estimate of drug-likeness (QED) is 0.156. The molecule has 61 heavy (non-hydrogen) atoms. The van der Waals surface area contributed by atoms with Gasteiger partial charge in [-0.1, -0.05) is 0 Å². The van der Waals surface area contributed by atoms with Crippen LogP contribution in [-0.4, -0.2) is 5.43 Å². The number of allylic oxidation sites excluding steroid dienone is 2. The largest absolute Gasteiger partial charge is 1.00 e. The van der Waals surface area contributed by atoms with E-state index in [0.29, 0.717) is 7.25 Å². The van der Waals surface area contributed by atoms with Gasteiger partial charge in [-0.2, -0.15) is 0 Å². The molecular weight excluding hydrogens is 883 g/mol. The van der Waals surface area contributed by atoms with Crippen LogP contribution in [0.3, 0.4) is 0 Å². The van der Waals surface area contributed by atoms with Gasteiger partial charge in [0.05, 0.1) is 0 Å². The van der Waals surface area contributed by atoms with Gasteiger partial charge in [0.1, 0.15) is 0 Å². The predicted molar refractivity (Wildman–Crippen MR) is 248 cm³/mol. The molecular formula is C55H60Cl2O2SiZr. The minimum atomic E-state index is -2.68. The van der Waals surface area contributed by atoms with E-state index in [0.717, 1.165) is 23.0 Å². The number of halogens is 2. The first kappa shape index (κ1) is 45.6. The number of benzene rings is 4. The van der Waals surface area contributed by atoms with Gasteiger partial charge < -0.3 is 24.8 Å². The first-order chi connectivity index (χ1) is 28.0. The molecule has 2 unspecified atom stereocenters. The smallest absolute Gasteiger partial charge is 1.00 e. The fraction of sp³-hybridized carbons (Fsp3) is 0.345. The first-order valence-corrected chi connectivity index (χ1v) is 30.2. The summed E-state index contributed by atoms with van der Waals surface area (Å²) in [6, 6.07) is 35.9. The second-order valence-corrected chi connectivity index (χ2v) is 35.8. The number of fused-ring (bicyclic) bond motifs is 2. The Morgan fingerprint density at radius 1 is 0.525 bits per heavy atom. The maximum atomic E-state index is 6.70. The molecule has 6 heteroatoms. The van der Waals surface area contributed by atoms with Crippen molar-refractivity contribution in [3.63, 3.8) is 0 Å². The van der Waals surface area contributed by atoms with Gasteiger partial charge in [0.2, 0.25) is 0 Å². The van der Waals surface area contributed by atoms with Gasteiger partial charge >= 0.3 is 363 Å². The summed E-state index contributed by atoms with van der Waals surface area (Å²) in [4.78, 5) is 0. The minimum Gasteiger partial charge on any atom is -1.00 e. The third-order valence-electron chi connectivity index (χ3n) is 13.8. The molecule has 6 aromatic rings. The maximum absolute atomic E-state index is 6.70. The Labute approximate surface area is 385 Å². The summed E-state index contributed by atoms with van der Waals surface area (Å²) in [5.74, 6) is 4.08. The van der Waals surface area contributed by atoms with Crippen LogP contribution in [0.1, 0.15) is 134 Å². The van der Waals surface area contributed by atoms with Crippen LogP contribution in [-0.2, 0) is 31.2 Å². The van der Waals surface area contributed by atoms with E-state index in [9.17, 15) is 0 Å². The summed E-state index contributed by atoms with van der Waals surface area (Å²) in [7, 11) is 0. The molecule has 0 radical (unpaired) electrons. The van der Waals surface area contributed by atoms with Crippen molar-refractivity contribution in [2.24, 2.45) is 0 Å². The van der Waals surface area contributed by atoms with Crippen molar-refractivity contribution >= 4 is 28.7 Å². The third kappa shape index (κ3) is 8.07. The average molecular weight is 943 g/mol. The molecule has 0 bridgehead atoms. The Morgan fingerprint density at radius 3 is 1.20 bits per heavy atom. The maximum Gasteiger partial charge on any atom is -1.00 e. The molecule has 2 nitrogen and oxygen atoms in total. The van der Waals surface area contributed by atoms with Crippen LogP contribution in [0.25, 0.3) is 45.6 Å². The molecule has 0 N–H and O–H groups in total. The second kappa shape index (κ2) is 17.0. The average Bonchev–Trinajstić information content (AvgIpc) is 3.96. The summed E-state index contributed by atoms with van der Waals surface area (Å²) in [5, 5.41) is 0. The zero-order valence-electron chi connectivity index (χ0n) is 38.1. The van der Waals surface area contributed by atoms with Gasteiger partial charge in [0.15, 0.2) is 0 Å². The van der Waals surface area contributed by atoms with Crippen molar-refractivity contribution in [3.8, 4) is 22.3 Å². The molecule has 314 valence electrons. The SMILES string of the molecule is Cc1ccc(C2=Cc3c(cc(C)c(C)c3-c3ccc(C(C)(C)C)cc3)[CH]2[Zr+2]([CH]2C(c3ccc(C)o3)=Cc3c2cc(C)c(C)c3-c2ccc(C(C)(C)C)cc2)=[Si]2CCC2)o1.[Cl-].[Cl-]. The normalized spacial score (nSPS) is 16.7. The predicted octanol–water partition coefficient (Wildman–Crippen LogP) is 9.56. The molecule has 3 heterocycles. The molecule has 1 saturated heterocycles. The van der Waals surface area contributed by atoms with Crippen molar-refractivity contribution in [3.05, 3.63) is 164 Å². The number of hydrogen-bond donors (Lipinski definition) is 0. The monoisotopic (exact) mass is 940 g/mol. The summed E-state index contributed by atoms with van der Waals surface area (Å²) in [6.45, 7) is 27.4. The standard InChI is InChI=1S/2C26H27O.C3H6Si.2ClH.Zr/c2*1-16-13-20-14-21(24-12-7-17(2)27-24)15-23(20)25(18(16)3)19-8-10-22(11-9-19)26(4,5)6;1-2-4-3-1;;;/h2*7-15H,1-6H3;1-3H2;2*1H;/q;;;;;+2/p-2. The Hall–Kier alpha value is -3.40. The van der Waals surface area contributed by atoms with Crippen LogP contribution >= 0.6 is 0 Å². The number of rotatable bonds is 6. The molecule has 2 aliphatic carbocycles. The van der Waals surface area contributed by atoms with Crippen LogP contribution in [0.2, 0.25) is 12.1 Å². The summed E-state index contributed by atoms with van der Waals surface area (Å²) < 4.78 is 14.2. The van der Waals surface area contributed by atoms with Crippen molar-refractivity contribution in [1.82, 2.24) is 0 Å². The van der Waals surface area contributed by atoms with Gasteiger partial charge in [0.25, 0.3) is 0 Å².